The number of ether oxygens (including phenoxy) is 3. The number of para-hydroxylation sites is 2. The summed E-state index contributed by atoms with van der Waals surface area (Å²) in [6.07, 6.45) is 9.15. The molecule has 0 saturated carbocycles. The van der Waals surface area contributed by atoms with Crippen LogP contribution in [-0.4, -0.2) is 60.2 Å². The van der Waals surface area contributed by atoms with E-state index in [4.69, 9.17) is 14.2 Å². The summed E-state index contributed by atoms with van der Waals surface area (Å²) in [6, 6.07) is 17.2. The van der Waals surface area contributed by atoms with Crippen molar-refractivity contribution >= 4 is 44.6 Å². The number of rotatable bonds is 5. The van der Waals surface area contributed by atoms with Crippen LogP contribution in [-0.2, 0) is 49.6 Å². The first-order chi connectivity index (χ1) is 24.9. The Morgan fingerprint density at radius 3 is 2.59 bits per heavy atom. The lowest BCUT2D eigenvalue weighted by molar-refractivity contribution is -0.718. The quantitative estimate of drug-likeness (QED) is 0.129. The minimum Gasteiger partial charge on any atom is -0.497 e. The number of pyridine rings is 1. The number of esters is 2. The number of allylic oxidation sites excluding steroid dienone is 1. The molecule has 2 N–H and O–H groups in total. The molecular formula is C42H45N4O5+. The van der Waals surface area contributed by atoms with Crippen molar-refractivity contribution in [1.82, 2.24) is 14.9 Å². The Kier molecular flexibility index (Phi) is 7.80. The van der Waals surface area contributed by atoms with E-state index >= 15 is 0 Å². The summed E-state index contributed by atoms with van der Waals surface area (Å²) >= 11 is 0. The maximum atomic E-state index is 14.1. The first-order valence-corrected chi connectivity index (χ1v) is 18.3. The molecule has 9 nitrogen and oxygen atoms in total. The lowest BCUT2D eigenvalue weighted by Crippen LogP contribution is -2.54. The number of aromatic amines is 2. The van der Waals surface area contributed by atoms with Crippen LogP contribution >= 0.6 is 0 Å². The number of nitrogens with one attached hydrogen (secondary N) is 2. The number of carbonyl (C=O) groups is 2. The van der Waals surface area contributed by atoms with Gasteiger partial charge in [-0.2, -0.15) is 4.57 Å². The fourth-order valence-corrected chi connectivity index (χ4v) is 9.99. The second-order valence-electron chi connectivity index (χ2n) is 14.9. The van der Waals surface area contributed by atoms with Gasteiger partial charge in [0.05, 0.1) is 43.9 Å². The molecule has 51 heavy (non-hydrogen) atoms. The van der Waals surface area contributed by atoms with E-state index in [0.29, 0.717) is 25.0 Å². The summed E-state index contributed by atoms with van der Waals surface area (Å²) in [7, 11) is 2.95. The Labute approximate surface area is 297 Å². The van der Waals surface area contributed by atoms with Gasteiger partial charge in [-0.1, -0.05) is 48.0 Å². The molecule has 2 aromatic carbocycles. The lowest BCUT2D eigenvalue weighted by Gasteiger charge is -2.45. The highest BCUT2D eigenvalue weighted by atomic mass is 16.5. The number of hydrogen-bond acceptors (Lipinski definition) is 6. The molecular weight excluding hydrogens is 640 g/mol. The zero-order valence-electron chi connectivity index (χ0n) is 29.7. The Balaban J connectivity index is 1.15. The largest absolute Gasteiger partial charge is 0.497 e. The Morgan fingerprint density at radius 1 is 1.06 bits per heavy atom. The average Bonchev–Trinajstić information content (AvgIpc) is 3.75. The maximum absolute atomic E-state index is 14.1. The van der Waals surface area contributed by atoms with E-state index in [0.717, 1.165) is 59.0 Å². The molecule has 6 atom stereocenters. The number of carbonyl (C=O) groups excluding carboxylic acids is 2. The molecule has 0 spiro atoms. The molecule has 4 aliphatic rings. The summed E-state index contributed by atoms with van der Waals surface area (Å²) in [5.74, 6) is -0.764. The van der Waals surface area contributed by atoms with Crippen LogP contribution in [0.15, 0.2) is 78.2 Å². The highest BCUT2D eigenvalue weighted by Crippen LogP contribution is 2.47. The van der Waals surface area contributed by atoms with Crippen LogP contribution in [0.5, 0.6) is 0 Å². The number of methoxy groups -OCH3 is 2. The van der Waals surface area contributed by atoms with Crippen LogP contribution in [0.2, 0.25) is 0 Å². The van der Waals surface area contributed by atoms with Crippen LogP contribution < -0.4 is 4.57 Å². The number of benzene rings is 2. The third-order valence-corrected chi connectivity index (χ3v) is 12.6. The first kappa shape index (κ1) is 32.0. The maximum Gasteiger partial charge on any atom is 0.337 e. The predicted molar refractivity (Wildman–Crippen MR) is 195 cm³/mol. The molecule has 6 unspecified atom stereocenters. The van der Waals surface area contributed by atoms with Gasteiger partial charge in [0.2, 0.25) is 5.69 Å². The van der Waals surface area contributed by atoms with Gasteiger partial charge in [-0.3, -0.25) is 9.69 Å². The third kappa shape index (κ3) is 5.03. The second kappa shape index (κ2) is 12.4. The van der Waals surface area contributed by atoms with E-state index in [2.05, 4.69) is 94.1 Å². The van der Waals surface area contributed by atoms with Crippen LogP contribution in [0.1, 0.15) is 48.8 Å². The molecule has 9 heteroatoms. The number of aromatic nitrogens is 3. The van der Waals surface area contributed by atoms with Gasteiger partial charge in [-0.15, -0.1) is 0 Å². The number of nitrogens with zero attached hydrogens (tertiary/aromatic N) is 2. The van der Waals surface area contributed by atoms with Crippen LogP contribution in [0.25, 0.3) is 32.7 Å². The minimum atomic E-state index is -0.365. The zero-order chi connectivity index (χ0) is 35.0. The molecule has 0 radical (unpaired) electrons. The van der Waals surface area contributed by atoms with Crippen molar-refractivity contribution in [1.29, 1.82) is 0 Å². The highest BCUT2D eigenvalue weighted by Gasteiger charge is 2.47. The third-order valence-electron chi connectivity index (χ3n) is 12.6. The molecule has 9 rings (SSSR count). The van der Waals surface area contributed by atoms with E-state index in [-0.39, 0.29) is 47.8 Å². The zero-order valence-corrected chi connectivity index (χ0v) is 29.7. The van der Waals surface area contributed by atoms with Gasteiger partial charge in [0, 0.05) is 63.9 Å². The summed E-state index contributed by atoms with van der Waals surface area (Å²) in [5.41, 5.74) is 10.2. The normalized spacial score (nSPS) is 25.8. The average molecular weight is 686 g/mol. The lowest BCUT2D eigenvalue weighted by atomic mass is 9.73. The van der Waals surface area contributed by atoms with E-state index in [1.165, 1.54) is 42.0 Å². The number of H-pyrrole nitrogens is 2. The van der Waals surface area contributed by atoms with E-state index in [9.17, 15) is 9.59 Å². The molecule has 0 bridgehead atoms. The topological polar surface area (TPSA) is 101 Å². The van der Waals surface area contributed by atoms with Gasteiger partial charge >= 0.3 is 11.9 Å². The van der Waals surface area contributed by atoms with Gasteiger partial charge in [0.15, 0.2) is 12.7 Å². The van der Waals surface area contributed by atoms with Crippen molar-refractivity contribution in [3.8, 4) is 0 Å². The summed E-state index contributed by atoms with van der Waals surface area (Å²) < 4.78 is 19.2. The van der Waals surface area contributed by atoms with Gasteiger partial charge in [-0.25, -0.2) is 4.79 Å². The molecule has 3 aromatic heterocycles. The van der Waals surface area contributed by atoms with Crippen LogP contribution in [0.4, 0.5) is 0 Å². The molecule has 1 saturated heterocycles. The highest BCUT2D eigenvalue weighted by molar-refractivity contribution is 6.09. The molecule has 4 aliphatic heterocycles. The molecule has 7 heterocycles. The number of fused-ring (bicyclic) bond motifs is 11. The van der Waals surface area contributed by atoms with Crippen LogP contribution in [0.3, 0.4) is 0 Å². The molecule has 262 valence electrons. The predicted octanol–water partition coefficient (Wildman–Crippen LogP) is 6.25. The number of hydrogen-bond donors (Lipinski definition) is 2. The molecule has 0 amide bonds. The van der Waals surface area contributed by atoms with Crippen molar-refractivity contribution in [2.75, 3.05) is 27.3 Å². The number of piperidine rings is 1. The summed E-state index contributed by atoms with van der Waals surface area (Å²) in [6.45, 7) is 6.73. The molecule has 0 aliphatic carbocycles. The minimum absolute atomic E-state index is 0.0167. The second-order valence-corrected chi connectivity index (χ2v) is 14.9. The molecule has 1 fully saturated rings. The van der Waals surface area contributed by atoms with Gasteiger partial charge in [0.1, 0.15) is 11.6 Å². The smallest absolute Gasteiger partial charge is 0.337 e. The fourth-order valence-electron chi connectivity index (χ4n) is 9.99. The first-order valence-electron chi connectivity index (χ1n) is 18.3. The van der Waals surface area contributed by atoms with Gasteiger partial charge in [-0.05, 0) is 56.7 Å². The van der Waals surface area contributed by atoms with Gasteiger partial charge < -0.3 is 24.2 Å². The van der Waals surface area contributed by atoms with E-state index in [1.54, 1.807) is 6.26 Å². The molecule has 5 aromatic rings. The Hall–Kier alpha value is -4.89. The standard InChI is InChI=1S/C42H44N4O5/c1-5-24-19-45-15-14-27-26-10-6-8-12-34(26)43-39(27)36(45)17-29(24)31(41(47)49-3)16-25-20-46-21-32-23(2)51-22-33(42(48)50-4)30(32)18-37(46)40-38(25)28-11-7-9-13-35(28)44-40/h5-13,20,22-23,29-32,36,43H,14-19,21H2,1-4H3/p+1/b24-5+. The van der Waals surface area contributed by atoms with Crippen LogP contribution in [0, 0.1) is 23.7 Å². The monoisotopic (exact) mass is 685 g/mol. The van der Waals surface area contributed by atoms with E-state index in [1.807, 2.05) is 0 Å². The van der Waals surface area contributed by atoms with Crippen molar-refractivity contribution < 1.29 is 28.4 Å². The fraction of sp³-hybridized carbons (Fsp3) is 0.405. The van der Waals surface area contributed by atoms with Crippen molar-refractivity contribution in [2.24, 2.45) is 23.7 Å². The summed E-state index contributed by atoms with van der Waals surface area (Å²) in [4.78, 5) is 37.1. The van der Waals surface area contributed by atoms with Crippen molar-refractivity contribution in [3.05, 3.63) is 101 Å². The summed E-state index contributed by atoms with van der Waals surface area (Å²) in [5, 5.41) is 3.59. The van der Waals surface area contributed by atoms with Crippen molar-refractivity contribution in [2.45, 2.75) is 58.2 Å². The van der Waals surface area contributed by atoms with Gasteiger partial charge in [0.25, 0.3) is 0 Å². The van der Waals surface area contributed by atoms with E-state index < -0.39 is 0 Å². The van der Waals surface area contributed by atoms with Crippen molar-refractivity contribution in [3.63, 3.8) is 0 Å². The SMILES string of the molecule is C/C=C1\CN2CCc3c([nH]c4ccccc34)C2CC1C(Cc1c[n+]2c(c3[nH]c4ccccc4c13)CC1C(C(=O)OC)=COC(C)C1C2)C(=O)OC. The Bertz CT molecular complexity index is 2280. The Morgan fingerprint density at radius 2 is 1.82 bits per heavy atom.